The molecule has 1 atom stereocenters. The monoisotopic (exact) mass is 318 g/mol. The van der Waals surface area contributed by atoms with Crippen molar-refractivity contribution in [2.45, 2.75) is 19.5 Å². The van der Waals surface area contributed by atoms with E-state index in [9.17, 15) is 4.79 Å². The van der Waals surface area contributed by atoms with E-state index in [1.165, 1.54) is 5.69 Å². The Morgan fingerprint density at radius 1 is 1.27 bits per heavy atom. The first kappa shape index (κ1) is 15.1. The molecule has 1 aromatic carbocycles. The number of fused-ring (bicyclic) bond motifs is 1. The predicted octanol–water partition coefficient (Wildman–Crippen LogP) is 1.66. The molecule has 1 aliphatic heterocycles. The summed E-state index contributed by atoms with van der Waals surface area (Å²) in [6, 6.07) is 11.9. The fourth-order valence-corrected chi connectivity index (χ4v) is 3.16. The highest BCUT2D eigenvalue weighted by atomic mass is 35.5. The molecule has 0 unspecified atom stereocenters. The topological polar surface area (TPSA) is 41.9 Å². The minimum atomic E-state index is -0.0289. The molecule has 3 rings (SSSR count). The number of aromatic nitrogens is 1. The van der Waals surface area contributed by atoms with Gasteiger partial charge in [-0.25, -0.2) is 0 Å². The Morgan fingerprint density at radius 2 is 2.05 bits per heavy atom. The highest BCUT2D eigenvalue weighted by Gasteiger charge is 2.32. The molecule has 22 heavy (non-hydrogen) atoms. The Hall–Kier alpha value is -1.78. The second-order valence-corrected chi connectivity index (χ2v) is 6.01. The van der Waals surface area contributed by atoms with E-state index < -0.39 is 0 Å². The summed E-state index contributed by atoms with van der Waals surface area (Å²) in [7, 11) is 0. The molecule has 2 aromatic rings. The number of quaternary nitrogens is 1. The van der Waals surface area contributed by atoms with Crippen LogP contribution in [0.15, 0.2) is 42.6 Å². The van der Waals surface area contributed by atoms with Crippen LogP contribution in [-0.4, -0.2) is 35.0 Å². The molecule has 0 radical (unpaired) electrons. The number of carbonyl (C=O) groups excluding carboxylic acids is 1. The number of benzene rings is 1. The number of hydrogen-bond donors (Lipinski definition) is 1. The van der Waals surface area contributed by atoms with Gasteiger partial charge in [0.2, 0.25) is 0 Å². The van der Waals surface area contributed by atoms with E-state index in [0.717, 1.165) is 25.2 Å². The van der Waals surface area contributed by atoms with Gasteiger partial charge in [-0.05, 0) is 36.8 Å². The van der Waals surface area contributed by atoms with Gasteiger partial charge < -0.3 is 14.8 Å². The maximum Gasteiger partial charge on any atom is 0.278 e. The van der Waals surface area contributed by atoms with Gasteiger partial charge >= 0.3 is 0 Å². The molecule has 0 saturated carbocycles. The number of likely N-dealkylation sites (N-methyl/N-ethyl adjacent to an activating group) is 1. The lowest BCUT2D eigenvalue weighted by Gasteiger charge is -2.37. The van der Waals surface area contributed by atoms with Crippen LogP contribution in [0.4, 0.5) is 0 Å². The number of nitrogens with zero attached hydrogens (tertiary/aromatic N) is 2. The number of rotatable bonds is 4. The second kappa shape index (κ2) is 6.55. The summed E-state index contributed by atoms with van der Waals surface area (Å²) in [4.78, 5) is 14.6. The van der Waals surface area contributed by atoms with Crippen LogP contribution in [0.2, 0.25) is 5.02 Å². The van der Waals surface area contributed by atoms with Gasteiger partial charge in [-0.15, -0.1) is 0 Å². The zero-order valence-electron chi connectivity index (χ0n) is 12.7. The van der Waals surface area contributed by atoms with Crippen LogP contribution in [0, 0.1) is 0 Å². The molecule has 1 amide bonds. The van der Waals surface area contributed by atoms with Crippen molar-refractivity contribution in [2.24, 2.45) is 0 Å². The third-order valence-corrected chi connectivity index (χ3v) is 4.40. The first-order valence-corrected chi connectivity index (χ1v) is 8.10. The molecule has 1 aromatic heterocycles. The number of nitrogens with two attached hydrogens (primary N) is 1. The molecule has 1 aliphatic rings. The lowest BCUT2D eigenvalue weighted by atomic mass is 10.00. The molecule has 0 bridgehead atoms. The molecular formula is C17H21ClN3O+. The van der Waals surface area contributed by atoms with Crippen LogP contribution >= 0.6 is 11.6 Å². The summed E-state index contributed by atoms with van der Waals surface area (Å²) in [6.07, 6.45) is 2.08. The Labute approximate surface area is 135 Å². The summed E-state index contributed by atoms with van der Waals surface area (Å²) in [6.45, 7) is 5.07. The van der Waals surface area contributed by atoms with Gasteiger partial charge in [0, 0.05) is 30.0 Å². The lowest BCUT2D eigenvalue weighted by molar-refractivity contribution is -0.641. The highest BCUT2D eigenvalue weighted by molar-refractivity contribution is 6.30. The van der Waals surface area contributed by atoms with Crippen LogP contribution in [0.3, 0.4) is 0 Å². The SMILES string of the molecule is CC[NH2+]CC(=O)N1CCn2cccc2[C@@H]1c1ccc(Cl)cc1. The van der Waals surface area contributed by atoms with Crippen molar-refractivity contribution in [1.29, 1.82) is 0 Å². The highest BCUT2D eigenvalue weighted by Crippen LogP contribution is 2.32. The van der Waals surface area contributed by atoms with Gasteiger partial charge in [0.1, 0.15) is 0 Å². The van der Waals surface area contributed by atoms with Crippen LogP contribution in [-0.2, 0) is 11.3 Å². The molecule has 2 N–H and O–H groups in total. The second-order valence-electron chi connectivity index (χ2n) is 5.57. The summed E-state index contributed by atoms with van der Waals surface area (Å²) in [5.74, 6) is 0.189. The zero-order valence-corrected chi connectivity index (χ0v) is 13.5. The summed E-state index contributed by atoms with van der Waals surface area (Å²) < 4.78 is 2.23. The molecule has 116 valence electrons. The molecule has 0 saturated heterocycles. The molecular weight excluding hydrogens is 298 g/mol. The van der Waals surface area contributed by atoms with Crippen LogP contribution in [0.1, 0.15) is 24.2 Å². The van der Waals surface area contributed by atoms with E-state index >= 15 is 0 Å². The Kier molecular flexibility index (Phi) is 4.50. The van der Waals surface area contributed by atoms with E-state index in [-0.39, 0.29) is 11.9 Å². The van der Waals surface area contributed by atoms with E-state index in [0.29, 0.717) is 11.6 Å². The minimum absolute atomic E-state index is 0.0289. The maximum absolute atomic E-state index is 12.6. The van der Waals surface area contributed by atoms with Crippen molar-refractivity contribution in [2.75, 3.05) is 19.6 Å². The summed E-state index contributed by atoms with van der Waals surface area (Å²) >= 11 is 6.01. The number of hydrogen-bond acceptors (Lipinski definition) is 1. The van der Waals surface area contributed by atoms with Crippen LogP contribution in [0.5, 0.6) is 0 Å². The number of halogens is 1. The summed E-state index contributed by atoms with van der Waals surface area (Å²) in [5, 5.41) is 2.75. The average Bonchev–Trinajstić information content (AvgIpc) is 3.01. The molecule has 5 heteroatoms. The molecule has 4 nitrogen and oxygen atoms in total. The zero-order chi connectivity index (χ0) is 15.5. The van der Waals surface area contributed by atoms with Crippen molar-refractivity contribution in [1.82, 2.24) is 9.47 Å². The van der Waals surface area contributed by atoms with E-state index in [2.05, 4.69) is 23.8 Å². The van der Waals surface area contributed by atoms with Gasteiger partial charge in [0.05, 0.1) is 12.6 Å². The third kappa shape index (κ3) is 2.89. The Balaban J connectivity index is 1.95. The van der Waals surface area contributed by atoms with Crippen molar-refractivity contribution in [3.05, 3.63) is 58.9 Å². The fourth-order valence-electron chi connectivity index (χ4n) is 3.03. The van der Waals surface area contributed by atoms with E-state index in [1.807, 2.05) is 40.5 Å². The summed E-state index contributed by atoms with van der Waals surface area (Å²) in [5.41, 5.74) is 2.27. The van der Waals surface area contributed by atoms with E-state index in [4.69, 9.17) is 11.6 Å². The predicted molar refractivity (Wildman–Crippen MR) is 86.8 cm³/mol. The molecule has 0 fully saturated rings. The molecule has 0 aliphatic carbocycles. The van der Waals surface area contributed by atoms with Crippen LogP contribution in [0.25, 0.3) is 0 Å². The smallest absolute Gasteiger partial charge is 0.278 e. The Morgan fingerprint density at radius 3 is 2.77 bits per heavy atom. The first-order chi connectivity index (χ1) is 10.7. The van der Waals surface area contributed by atoms with Crippen molar-refractivity contribution >= 4 is 17.5 Å². The molecule has 0 spiro atoms. The Bertz CT molecular complexity index is 650. The van der Waals surface area contributed by atoms with Crippen molar-refractivity contribution in [3.8, 4) is 0 Å². The number of amides is 1. The van der Waals surface area contributed by atoms with Gasteiger partial charge in [-0.1, -0.05) is 23.7 Å². The largest absolute Gasteiger partial charge is 0.348 e. The first-order valence-electron chi connectivity index (χ1n) is 7.72. The van der Waals surface area contributed by atoms with Gasteiger partial charge in [-0.2, -0.15) is 0 Å². The molecule has 2 heterocycles. The minimum Gasteiger partial charge on any atom is -0.348 e. The van der Waals surface area contributed by atoms with Crippen LogP contribution < -0.4 is 5.32 Å². The maximum atomic E-state index is 12.6. The average molecular weight is 319 g/mol. The van der Waals surface area contributed by atoms with E-state index in [1.54, 1.807) is 0 Å². The lowest BCUT2D eigenvalue weighted by Crippen LogP contribution is -2.86. The third-order valence-electron chi connectivity index (χ3n) is 4.15. The quantitative estimate of drug-likeness (QED) is 0.915. The van der Waals surface area contributed by atoms with Gasteiger partial charge in [0.15, 0.2) is 6.54 Å². The number of carbonyl (C=O) groups is 1. The van der Waals surface area contributed by atoms with Crippen molar-refractivity contribution in [3.63, 3.8) is 0 Å². The fraction of sp³-hybridized carbons (Fsp3) is 0.353. The normalized spacial score (nSPS) is 17.4. The van der Waals surface area contributed by atoms with Crippen molar-refractivity contribution < 1.29 is 10.1 Å². The van der Waals surface area contributed by atoms with Gasteiger partial charge in [-0.3, -0.25) is 4.79 Å². The standard InChI is InChI=1S/C17H20ClN3O/c1-2-19-12-16(22)21-11-10-20-9-3-4-15(20)17(21)13-5-7-14(18)8-6-13/h3-9,17,19H,2,10-12H2,1H3/p+1/t17-/m0/s1. The van der Waals surface area contributed by atoms with Gasteiger partial charge in [0.25, 0.3) is 5.91 Å².